The average molecular weight is 709 g/mol. The standard InChI is InChI=1S/C50H32N2OS/c1-2-11-29(12-3-1)30-23-25-31(26-24-30)46-49-47(38-16-5-7-22-43(38)54-49)52-50(51-46)33-14-8-13-32(27-33)34-17-9-18-36-37-19-10-20-39-45(37)41(44(34)36)28-40-35-15-4-6-21-42(35)53-48(39)40/h1-12,14-25,27-28,31-32H,13,26H2. The second-order valence-electron chi connectivity index (χ2n) is 14.7. The van der Waals surface area contributed by atoms with Crippen molar-refractivity contribution in [3.63, 3.8) is 0 Å². The van der Waals surface area contributed by atoms with Crippen molar-refractivity contribution in [2.75, 3.05) is 0 Å². The van der Waals surface area contributed by atoms with Gasteiger partial charge in [-0.15, -0.1) is 11.3 Å². The molecule has 0 fully saturated rings. The van der Waals surface area contributed by atoms with Crippen LogP contribution in [0.1, 0.15) is 47.3 Å². The highest BCUT2D eigenvalue weighted by molar-refractivity contribution is 7.25. The van der Waals surface area contributed by atoms with Crippen molar-refractivity contribution in [1.29, 1.82) is 0 Å². The van der Waals surface area contributed by atoms with Gasteiger partial charge in [-0.2, -0.15) is 0 Å². The Morgan fingerprint density at radius 1 is 0.630 bits per heavy atom. The summed E-state index contributed by atoms with van der Waals surface area (Å²) < 4.78 is 8.94. The maximum absolute atomic E-state index is 6.50. The molecule has 0 aliphatic heterocycles. The van der Waals surface area contributed by atoms with Gasteiger partial charge in [0.05, 0.1) is 15.9 Å². The Balaban J connectivity index is 0.997. The normalized spacial score (nSPS) is 17.6. The molecule has 2 unspecified atom stereocenters. The first-order valence-electron chi connectivity index (χ1n) is 18.8. The SMILES string of the molecule is C1=CC(c2nc(C3C=CC(c4ccccc4)=CC3)c3sc4ccccc4c3n2)=CC(c2cccc3c2-c2cc4c5ccccc5oc4c4cccc-3c24)C1. The van der Waals surface area contributed by atoms with Gasteiger partial charge in [0.1, 0.15) is 11.2 Å². The van der Waals surface area contributed by atoms with E-state index in [1.165, 1.54) is 69.9 Å². The third kappa shape index (κ3) is 4.41. The minimum absolute atomic E-state index is 0.172. The van der Waals surface area contributed by atoms with Crippen molar-refractivity contribution in [2.45, 2.75) is 24.7 Å². The zero-order chi connectivity index (χ0) is 35.3. The molecule has 54 heavy (non-hydrogen) atoms. The molecule has 4 heteroatoms. The van der Waals surface area contributed by atoms with Crippen LogP contribution in [0, 0.1) is 0 Å². The molecule has 3 aromatic heterocycles. The van der Waals surface area contributed by atoms with Gasteiger partial charge in [-0.25, -0.2) is 9.97 Å². The molecular formula is C50H32N2OS. The number of benzene rings is 6. The van der Waals surface area contributed by atoms with Crippen LogP contribution >= 0.6 is 11.3 Å². The van der Waals surface area contributed by atoms with E-state index in [9.17, 15) is 0 Å². The number of hydrogen-bond acceptors (Lipinski definition) is 4. The van der Waals surface area contributed by atoms with Gasteiger partial charge in [0.15, 0.2) is 5.82 Å². The van der Waals surface area contributed by atoms with Crippen molar-refractivity contribution in [2.24, 2.45) is 0 Å². The molecule has 0 radical (unpaired) electrons. The number of hydrogen-bond donors (Lipinski definition) is 0. The summed E-state index contributed by atoms with van der Waals surface area (Å²) in [4.78, 5) is 10.8. The first kappa shape index (κ1) is 30.1. The summed E-state index contributed by atoms with van der Waals surface area (Å²) >= 11 is 1.82. The van der Waals surface area contributed by atoms with Crippen molar-refractivity contribution >= 4 is 75.5 Å². The average Bonchev–Trinajstić information content (AvgIpc) is 3.92. The number of furan rings is 1. The van der Waals surface area contributed by atoms with Crippen LogP contribution in [0.15, 0.2) is 162 Å². The Bertz CT molecular complexity index is 3170. The molecule has 3 aliphatic rings. The molecule has 0 spiro atoms. The number of fused-ring (bicyclic) bond motifs is 10. The lowest BCUT2D eigenvalue weighted by Crippen LogP contribution is -2.07. The lowest BCUT2D eigenvalue weighted by atomic mass is 9.84. The molecule has 3 heterocycles. The van der Waals surface area contributed by atoms with Crippen LogP contribution in [0.25, 0.3) is 86.4 Å². The molecule has 254 valence electrons. The summed E-state index contributed by atoms with van der Waals surface area (Å²) in [5.41, 5.74) is 14.2. The number of thiophene rings is 1. The molecule has 3 nitrogen and oxygen atoms in total. The fourth-order valence-electron chi connectivity index (χ4n) is 9.19. The van der Waals surface area contributed by atoms with Gasteiger partial charge >= 0.3 is 0 Å². The van der Waals surface area contributed by atoms with E-state index in [0.717, 1.165) is 52.0 Å². The predicted octanol–water partition coefficient (Wildman–Crippen LogP) is 13.8. The van der Waals surface area contributed by atoms with Crippen LogP contribution < -0.4 is 0 Å². The fourth-order valence-corrected chi connectivity index (χ4v) is 10.4. The minimum Gasteiger partial charge on any atom is -0.455 e. The third-order valence-electron chi connectivity index (χ3n) is 11.7. The first-order chi connectivity index (χ1) is 26.8. The number of aromatic nitrogens is 2. The van der Waals surface area contributed by atoms with Gasteiger partial charge in [-0.1, -0.05) is 140 Å². The lowest BCUT2D eigenvalue weighted by molar-refractivity contribution is 0.672. The maximum Gasteiger partial charge on any atom is 0.159 e. The highest BCUT2D eigenvalue weighted by Crippen LogP contribution is 2.54. The molecule has 0 saturated carbocycles. The van der Waals surface area contributed by atoms with E-state index in [2.05, 4.69) is 158 Å². The topological polar surface area (TPSA) is 38.9 Å². The number of para-hydroxylation sites is 1. The summed E-state index contributed by atoms with van der Waals surface area (Å²) in [5, 5.41) is 6.00. The molecule has 12 rings (SSSR count). The number of rotatable bonds is 4. The van der Waals surface area contributed by atoms with Gasteiger partial charge < -0.3 is 4.42 Å². The van der Waals surface area contributed by atoms with Crippen molar-refractivity contribution in [1.82, 2.24) is 9.97 Å². The Morgan fingerprint density at radius 2 is 1.44 bits per heavy atom. The molecular weight excluding hydrogens is 677 g/mol. The maximum atomic E-state index is 6.50. The van der Waals surface area contributed by atoms with Crippen LogP contribution in [0.5, 0.6) is 0 Å². The predicted molar refractivity (Wildman–Crippen MR) is 226 cm³/mol. The Morgan fingerprint density at radius 3 is 2.35 bits per heavy atom. The molecule has 3 aliphatic carbocycles. The van der Waals surface area contributed by atoms with E-state index in [1.54, 1.807) is 0 Å². The lowest BCUT2D eigenvalue weighted by Gasteiger charge is -2.21. The van der Waals surface area contributed by atoms with Crippen LogP contribution in [-0.2, 0) is 0 Å². The van der Waals surface area contributed by atoms with E-state index >= 15 is 0 Å². The zero-order valence-electron chi connectivity index (χ0n) is 29.3. The van der Waals surface area contributed by atoms with Gasteiger partial charge in [-0.05, 0) is 70.0 Å². The molecule has 9 aromatic rings. The van der Waals surface area contributed by atoms with Gasteiger partial charge in [-0.3, -0.25) is 0 Å². The molecule has 0 N–H and O–H groups in total. The van der Waals surface area contributed by atoms with Crippen molar-refractivity contribution in [3.8, 4) is 22.3 Å². The Kier molecular flexibility index (Phi) is 6.46. The molecule has 0 bridgehead atoms. The van der Waals surface area contributed by atoms with Crippen LogP contribution in [0.4, 0.5) is 0 Å². The van der Waals surface area contributed by atoms with Crippen molar-refractivity contribution in [3.05, 3.63) is 180 Å². The molecule has 0 saturated heterocycles. The Hall–Kier alpha value is -6.36. The highest BCUT2D eigenvalue weighted by Gasteiger charge is 2.30. The van der Waals surface area contributed by atoms with E-state index in [0.29, 0.717) is 0 Å². The smallest absolute Gasteiger partial charge is 0.159 e. The zero-order valence-corrected chi connectivity index (χ0v) is 30.1. The van der Waals surface area contributed by atoms with E-state index in [-0.39, 0.29) is 11.8 Å². The largest absolute Gasteiger partial charge is 0.455 e. The van der Waals surface area contributed by atoms with Gasteiger partial charge in [0, 0.05) is 49.0 Å². The van der Waals surface area contributed by atoms with Crippen molar-refractivity contribution < 1.29 is 4.42 Å². The summed E-state index contributed by atoms with van der Waals surface area (Å²) in [5.74, 6) is 1.15. The minimum atomic E-state index is 0.172. The quantitative estimate of drug-likeness (QED) is 0.183. The summed E-state index contributed by atoms with van der Waals surface area (Å²) in [6.45, 7) is 0. The number of nitrogens with zero attached hydrogens (tertiary/aromatic N) is 2. The van der Waals surface area contributed by atoms with Gasteiger partial charge in [0.2, 0.25) is 0 Å². The highest BCUT2D eigenvalue weighted by atomic mass is 32.1. The Labute approximate surface area is 315 Å². The summed E-state index contributed by atoms with van der Waals surface area (Å²) in [7, 11) is 0. The molecule has 0 amide bonds. The summed E-state index contributed by atoms with van der Waals surface area (Å²) in [6.07, 6.45) is 15.8. The number of allylic oxidation sites excluding steroid dienone is 8. The van der Waals surface area contributed by atoms with Crippen LogP contribution in [-0.4, -0.2) is 9.97 Å². The second-order valence-corrected chi connectivity index (χ2v) is 15.8. The molecule has 6 aromatic carbocycles. The van der Waals surface area contributed by atoms with E-state index < -0.39 is 0 Å². The summed E-state index contributed by atoms with van der Waals surface area (Å²) in [6, 6.07) is 43.6. The monoisotopic (exact) mass is 708 g/mol. The van der Waals surface area contributed by atoms with Gasteiger partial charge in [0.25, 0.3) is 0 Å². The van der Waals surface area contributed by atoms with E-state index in [4.69, 9.17) is 14.4 Å². The van der Waals surface area contributed by atoms with Crippen LogP contribution in [0.2, 0.25) is 0 Å². The first-order valence-corrected chi connectivity index (χ1v) is 19.6. The molecule has 2 atom stereocenters. The second kappa shape index (κ2) is 11.6. The van der Waals surface area contributed by atoms with Crippen LogP contribution in [0.3, 0.4) is 0 Å². The third-order valence-corrected chi connectivity index (χ3v) is 12.9. The fraction of sp³-hybridized carbons (Fsp3) is 0.0800. The van der Waals surface area contributed by atoms with E-state index in [1.807, 2.05) is 11.3 Å².